The maximum absolute atomic E-state index is 13.4. The Hall–Kier alpha value is -3.28. The number of fused-ring (bicyclic) bond motifs is 1. The predicted molar refractivity (Wildman–Crippen MR) is 134 cm³/mol. The summed E-state index contributed by atoms with van der Waals surface area (Å²) in [7, 11) is 0. The van der Waals surface area contributed by atoms with E-state index in [1.807, 2.05) is 49.1 Å². The summed E-state index contributed by atoms with van der Waals surface area (Å²) in [6.07, 6.45) is 2.89. The quantitative estimate of drug-likeness (QED) is 0.399. The molecule has 2 aromatic carbocycles. The Kier molecular flexibility index (Phi) is 6.96. The number of aromatic hydroxyl groups is 1. The summed E-state index contributed by atoms with van der Waals surface area (Å²) in [4.78, 5) is 15.4. The fourth-order valence-electron chi connectivity index (χ4n) is 4.73. The summed E-state index contributed by atoms with van der Waals surface area (Å²) in [5, 5.41) is 18.3. The van der Waals surface area contributed by atoms with Crippen LogP contribution in [0.2, 0.25) is 0 Å². The predicted octanol–water partition coefficient (Wildman–Crippen LogP) is 6.17. The molecule has 1 aromatic heterocycles. The zero-order chi connectivity index (χ0) is 24.4. The minimum absolute atomic E-state index is 0.0532. The Labute approximate surface area is 202 Å². The van der Waals surface area contributed by atoms with E-state index in [9.17, 15) is 9.90 Å². The summed E-state index contributed by atoms with van der Waals surface area (Å²) < 4.78 is 6.03. The smallest absolute Gasteiger partial charge is 0.273 e. The van der Waals surface area contributed by atoms with Gasteiger partial charge < -0.3 is 14.7 Å². The van der Waals surface area contributed by atoms with Crippen LogP contribution in [-0.2, 0) is 0 Å². The van der Waals surface area contributed by atoms with Gasteiger partial charge in [-0.3, -0.25) is 9.89 Å². The number of phenols is 1. The molecule has 0 aliphatic carbocycles. The van der Waals surface area contributed by atoms with Crippen molar-refractivity contribution in [3.8, 4) is 22.8 Å². The molecule has 1 aliphatic heterocycles. The molecule has 6 heteroatoms. The summed E-state index contributed by atoms with van der Waals surface area (Å²) in [5.74, 6) is 1.49. The Balaban J connectivity index is 1.80. The molecule has 0 spiro atoms. The normalized spacial score (nSPS) is 15.3. The molecule has 1 unspecified atom stereocenters. The number of ether oxygens (including phenoxy) is 1. The zero-order valence-electron chi connectivity index (χ0n) is 20.8. The van der Waals surface area contributed by atoms with Crippen LogP contribution in [-0.4, -0.2) is 39.3 Å². The molecule has 2 N–H and O–H groups in total. The zero-order valence-corrected chi connectivity index (χ0v) is 20.8. The highest BCUT2D eigenvalue weighted by molar-refractivity contribution is 6.00. The van der Waals surface area contributed by atoms with E-state index in [1.165, 1.54) is 0 Å². The molecule has 1 aliphatic rings. The van der Waals surface area contributed by atoms with Gasteiger partial charge in [-0.1, -0.05) is 45.4 Å². The second-order valence-electron chi connectivity index (χ2n) is 9.69. The van der Waals surface area contributed by atoms with Crippen LogP contribution >= 0.6 is 0 Å². The van der Waals surface area contributed by atoms with Gasteiger partial charge in [0.1, 0.15) is 22.9 Å². The molecular weight excluding hydrogens is 426 g/mol. The highest BCUT2D eigenvalue weighted by Gasteiger charge is 2.42. The van der Waals surface area contributed by atoms with Crippen molar-refractivity contribution in [2.75, 3.05) is 13.2 Å². The maximum atomic E-state index is 13.4. The van der Waals surface area contributed by atoms with E-state index in [4.69, 9.17) is 4.74 Å². The molecule has 0 saturated carbocycles. The van der Waals surface area contributed by atoms with Crippen molar-refractivity contribution in [1.29, 1.82) is 0 Å². The van der Waals surface area contributed by atoms with Crippen LogP contribution in [0.4, 0.5) is 0 Å². The lowest BCUT2D eigenvalue weighted by atomic mass is 9.93. The van der Waals surface area contributed by atoms with Crippen molar-refractivity contribution in [2.45, 2.75) is 59.9 Å². The van der Waals surface area contributed by atoms with Crippen molar-refractivity contribution in [2.24, 2.45) is 5.92 Å². The van der Waals surface area contributed by atoms with E-state index >= 15 is 0 Å². The fraction of sp³-hybridized carbons (Fsp3) is 0.429. The Bertz CT molecular complexity index is 1160. The molecule has 180 valence electrons. The number of amides is 1. The molecule has 4 rings (SSSR count). The van der Waals surface area contributed by atoms with E-state index in [0.717, 1.165) is 47.3 Å². The van der Waals surface area contributed by atoms with Crippen LogP contribution in [0.1, 0.15) is 78.8 Å². The van der Waals surface area contributed by atoms with Crippen LogP contribution in [0.5, 0.6) is 11.5 Å². The average Bonchev–Trinajstić information content (AvgIpc) is 3.30. The Morgan fingerprint density at radius 3 is 2.71 bits per heavy atom. The largest absolute Gasteiger partial charge is 0.507 e. The lowest BCUT2D eigenvalue weighted by molar-refractivity contribution is 0.0741. The Morgan fingerprint density at radius 1 is 1.21 bits per heavy atom. The molecule has 3 aromatic rings. The summed E-state index contributed by atoms with van der Waals surface area (Å²) in [5.41, 5.74) is 5.52. The van der Waals surface area contributed by atoms with Crippen molar-refractivity contribution < 1.29 is 14.6 Å². The van der Waals surface area contributed by atoms with Crippen LogP contribution < -0.4 is 4.74 Å². The summed E-state index contributed by atoms with van der Waals surface area (Å²) >= 11 is 0. The number of benzene rings is 2. The summed E-state index contributed by atoms with van der Waals surface area (Å²) in [6, 6.07) is 11.5. The van der Waals surface area contributed by atoms with E-state index in [2.05, 4.69) is 31.0 Å². The van der Waals surface area contributed by atoms with Crippen molar-refractivity contribution >= 4 is 5.91 Å². The molecule has 2 heterocycles. The molecule has 34 heavy (non-hydrogen) atoms. The number of H-pyrrole nitrogens is 1. The number of phenolic OH excluding ortho intramolecular Hbond substituents is 1. The van der Waals surface area contributed by atoms with Gasteiger partial charge in [-0.05, 0) is 67.5 Å². The van der Waals surface area contributed by atoms with Gasteiger partial charge in [0.25, 0.3) is 5.91 Å². The molecule has 1 atom stereocenters. The monoisotopic (exact) mass is 461 g/mol. The first kappa shape index (κ1) is 23.9. The van der Waals surface area contributed by atoms with E-state index in [0.29, 0.717) is 36.0 Å². The highest BCUT2D eigenvalue weighted by Crippen LogP contribution is 2.46. The summed E-state index contributed by atoms with van der Waals surface area (Å²) in [6.45, 7) is 11.7. The molecule has 0 radical (unpaired) electrons. The third-order valence-electron chi connectivity index (χ3n) is 6.45. The molecule has 0 saturated heterocycles. The van der Waals surface area contributed by atoms with Gasteiger partial charge in [0.05, 0.1) is 12.6 Å². The van der Waals surface area contributed by atoms with Gasteiger partial charge in [0.15, 0.2) is 0 Å². The number of unbranched alkanes of at least 4 members (excludes halogenated alkanes) is 1. The Morgan fingerprint density at radius 2 is 2.00 bits per heavy atom. The van der Waals surface area contributed by atoms with Gasteiger partial charge >= 0.3 is 0 Å². The van der Waals surface area contributed by atoms with Crippen LogP contribution in [0.15, 0.2) is 36.4 Å². The lowest BCUT2D eigenvalue weighted by Gasteiger charge is -2.27. The maximum Gasteiger partial charge on any atom is 0.273 e. The van der Waals surface area contributed by atoms with Crippen LogP contribution in [0.25, 0.3) is 11.3 Å². The average molecular weight is 462 g/mol. The lowest BCUT2D eigenvalue weighted by Crippen LogP contribution is -2.30. The third-order valence-corrected chi connectivity index (χ3v) is 6.45. The van der Waals surface area contributed by atoms with Gasteiger partial charge in [-0.2, -0.15) is 5.10 Å². The number of hydrogen-bond acceptors (Lipinski definition) is 4. The number of aromatic nitrogens is 2. The van der Waals surface area contributed by atoms with Crippen molar-refractivity contribution in [3.63, 3.8) is 0 Å². The second-order valence-corrected chi connectivity index (χ2v) is 9.69. The first-order chi connectivity index (χ1) is 16.3. The number of aryl methyl sites for hydroxylation is 2. The standard InChI is InChI=1S/C28H35N3O3/c1-6-7-12-31-27(20-9-8-10-21(16-20)34-13-11-17(2)3)24-25(29-30-26(24)28(31)33)23-19(5)14-18(4)15-22(23)32/h8-10,14-17,27,32H,6-7,11-13H2,1-5H3,(H,29,30). The number of hydrogen-bond donors (Lipinski definition) is 2. The van der Waals surface area contributed by atoms with Crippen LogP contribution in [0.3, 0.4) is 0 Å². The molecular formula is C28H35N3O3. The first-order valence-electron chi connectivity index (χ1n) is 12.2. The first-order valence-corrected chi connectivity index (χ1v) is 12.2. The van der Waals surface area contributed by atoms with E-state index in [-0.39, 0.29) is 17.7 Å². The molecule has 1 amide bonds. The molecule has 0 fully saturated rings. The van der Waals surface area contributed by atoms with Crippen LogP contribution in [0, 0.1) is 19.8 Å². The number of carbonyl (C=O) groups excluding carboxylic acids is 1. The van der Waals surface area contributed by atoms with Gasteiger partial charge in [-0.25, -0.2) is 0 Å². The van der Waals surface area contributed by atoms with Crippen molar-refractivity contribution in [1.82, 2.24) is 15.1 Å². The highest BCUT2D eigenvalue weighted by atomic mass is 16.5. The van der Waals surface area contributed by atoms with Gasteiger partial charge in [0.2, 0.25) is 0 Å². The van der Waals surface area contributed by atoms with E-state index in [1.54, 1.807) is 6.07 Å². The number of aromatic amines is 1. The minimum atomic E-state index is -0.295. The van der Waals surface area contributed by atoms with Gasteiger partial charge in [0, 0.05) is 17.7 Å². The second kappa shape index (κ2) is 9.92. The van der Waals surface area contributed by atoms with Crippen molar-refractivity contribution in [3.05, 3.63) is 64.3 Å². The topological polar surface area (TPSA) is 78.5 Å². The third kappa shape index (κ3) is 4.54. The number of rotatable bonds is 9. The SMILES string of the molecule is CCCCN1C(=O)c2[nH]nc(-c3c(C)cc(C)cc3O)c2C1c1cccc(OCCC(C)C)c1. The number of nitrogens with zero attached hydrogens (tertiary/aromatic N) is 2. The number of carbonyl (C=O) groups is 1. The number of nitrogens with one attached hydrogen (secondary N) is 1. The van der Waals surface area contributed by atoms with E-state index < -0.39 is 0 Å². The minimum Gasteiger partial charge on any atom is -0.507 e. The van der Waals surface area contributed by atoms with Gasteiger partial charge in [-0.15, -0.1) is 0 Å². The molecule has 6 nitrogen and oxygen atoms in total. The molecule has 0 bridgehead atoms. The fourth-order valence-corrected chi connectivity index (χ4v) is 4.73.